The number of alkyl halides is 3. The van der Waals surface area contributed by atoms with E-state index in [1.807, 2.05) is 4.57 Å². The van der Waals surface area contributed by atoms with Gasteiger partial charge in [0.15, 0.2) is 5.78 Å². The largest absolute Gasteiger partial charge is 0.416 e. The van der Waals surface area contributed by atoms with Crippen molar-refractivity contribution in [1.82, 2.24) is 4.57 Å². The van der Waals surface area contributed by atoms with Crippen molar-refractivity contribution in [1.29, 1.82) is 0 Å². The second kappa shape index (κ2) is 4.51. The van der Waals surface area contributed by atoms with Crippen LogP contribution in [-0.2, 0) is 12.7 Å². The fourth-order valence-electron chi connectivity index (χ4n) is 2.56. The van der Waals surface area contributed by atoms with Gasteiger partial charge in [-0.3, -0.25) is 4.79 Å². The molecule has 0 spiro atoms. The van der Waals surface area contributed by atoms with Gasteiger partial charge >= 0.3 is 6.18 Å². The molecule has 0 radical (unpaired) electrons. The highest BCUT2D eigenvalue weighted by molar-refractivity contribution is 5.96. The predicted molar refractivity (Wildman–Crippen MR) is 68.4 cm³/mol. The summed E-state index contributed by atoms with van der Waals surface area (Å²) in [4.78, 5) is 11.7. The zero-order chi connectivity index (χ0) is 14.3. The Hall–Kier alpha value is -2.04. The van der Waals surface area contributed by atoms with Gasteiger partial charge < -0.3 is 4.57 Å². The van der Waals surface area contributed by atoms with Crippen LogP contribution in [0.1, 0.15) is 28.9 Å². The van der Waals surface area contributed by atoms with E-state index in [-0.39, 0.29) is 5.78 Å². The Morgan fingerprint density at radius 3 is 2.25 bits per heavy atom. The Bertz CT molecular complexity index is 653. The number of rotatable bonds is 1. The molecule has 0 saturated heterocycles. The van der Waals surface area contributed by atoms with Crippen LogP contribution < -0.4 is 0 Å². The summed E-state index contributed by atoms with van der Waals surface area (Å²) in [6.45, 7) is 0.727. The van der Waals surface area contributed by atoms with Gasteiger partial charge in [0.05, 0.1) is 11.3 Å². The third-order valence-electron chi connectivity index (χ3n) is 3.56. The monoisotopic (exact) mass is 279 g/mol. The number of Topliss-reactive ketones (excluding diaryl/α,β-unsaturated/α-hetero) is 1. The minimum absolute atomic E-state index is 0.0920. The fourth-order valence-corrected chi connectivity index (χ4v) is 2.56. The molecule has 2 aromatic rings. The van der Waals surface area contributed by atoms with E-state index in [0.717, 1.165) is 30.8 Å². The zero-order valence-electron chi connectivity index (χ0n) is 10.6. The number of nitrogens with zero attached hydrogens (tertiary/aromatic N) is 1. The van der Waals surface area contributed by atoms with E-state index < -0.39 is 11.7 Å². The lowest BCUT2D eigenvalue weighted by Gasteiger charge is -2.17. The highest BCUT2D eigenvalue weighted by atomic mass is 19.4. The van der Waals surface area contributed by atoms with E-state index in [4.69, 9.17) is 0 Å². The quantitative estimate of drug-likeness (QED) is 0.768. The maximum absolute atomic E-state index is 12.5. The molecule has 0 atom stereocenters. The Balaban J connectivity index is 2.00. The van der Waals surface area contributed by atoms with E-state index in [1.54, 1.807) is 12.1 Å². The second-order valence-corrected chi connectivity index (χ2v) is 4.86. The molecule has 104 valence electrons. The second-order valence-electron chi connectivity index (χ2n) is 4.86. The molecular weight excluding hydrogens is 267 g/mol. The molecule has 2 nitrogen and oxygen atoms in total. The van der Waals surface area contributed by atoms with Gasteiger partial charge in [0.1, 0.15) is 0 Å². The first kappa shape index (κ1) is 13.0. The Morgan fingerprint density at radius 2 is 1.60 bits per heavy atom. The van der Waals surface area contributed by atoms with Crippen LogP contribution in [0.2, 0.25) is 0 Å². The Morgan fingerprint density at radius 1 is 0.950 bits per heavy atom. The number of carbonyl (C=O) groups is 1. The normalized spacial score (nSPS) is 15.2. The van der Waals surface area contributed by atoms with Crippen LogP contribution in [0.15, 0.2) is 36.4 Å². The number of halogens is 3. The first-order chi connectivity index (χ1) is 9.47. The molecule has 1 aliphatic rings. The van der Waals surface area contributed by atoms with Crippen molar-refractivity contribution in [2.75, 3.05) is 0 Å². The number of carbonyl (C=O) groups excluding carboxylic acids is 1. The third kappa shape index (κ3) is 2.13. The molecule has 2 heterocycles. The SMILES string of the molecule is O=C1CCCn2c1ccc2-c1ccc(C(F)(F)F)cc1. The van der Waals surface area contributed by atoms with Gasteiger partial charge in [-0.25, -0.2) is 0 Å². The minimum Gasteiger partial charge on any atom is -0.338 e. The molecule has 1 aromatic heterocycles. The summed E-state index contributed by atoms with van der Waals surface area (Å²) in [5, 5.41) is 0. The van der Waals surface area contributed by atoms with E-state index in [9.17, 15) is 18.0 Å². The van der Waals surface area contributed by atoms with Crippen molar-refractivity contribution in [3.8, 4) is 11.3 Å². The summed E-state index contributed by atoms with van der Waals surface area (Å²) in [6.07, 6.45) is -3.02. The van der Waals surface area contributed by atoms with Crippen LogP contribution in [0.4, 0.5) is 13.2 Å². The van der Waals surface area contributed by atoms with Crippen LogP contribution in [0.5, 0.6) is 0 Å². The minimum atomic E-state index is -4.33. The summed E-state index contributed by atoms with van der Waals surface area (Å²) in [5.74, 6) is 0.0920. The molecule has 1 aromatic carbocycles. The summed E-state index contributed by atoms with van der Waals surface area (Å²) < 4.78 is 39.5. The Kier molecular flexibility index (Phi) is 2.92. The van der Waals surface area contributed by atoms with Crippen LogP contribution in [0, 0.1) is 0 Å². The molecule has 0 fully saturated rings. The number of hydrogen-bond acceptors (Lipinski definition) is 1. The molecule has 0 amide bonds. The van der Waals surface area contributed by atoms with Crippen molar-refractivity contribution in [3.05, 3.63) is 47.7 Å². The van der Waals surface area contributed by atoms with E-state index in [2.05, 4.69) is 0 Å². The molecule has 5 heteroatoms. The zero-order valence-corrected chi connectivity index (χ0v) is 10.6. The van der Waals surface area contributed by atoms with E-state index in [0.29, 0.717) is 17.7 Å². The van der Waals surface area contributed by atoms with Crippen molar-refractivity contribution < 1.29 is 18.0 Å². The summed E-state index contributed by atoms with van der Waals surface area (Å²) in [5.41, 5.74) is 1.47. The highest BCUT2D eigenvalue weighted by Crippen LogP contribution is 2.32. The van der Waals surface area contributed by atoms with Crippen LogP contribution in [-0.4, -0.2) is 10.4 Å². The van der Waals surface area contributed by atoms with E-state index in [1.165, 1.54) is 12.1 Å². The standard InChI is InChI=1S/C15H12F3NO/c16-15(17,18)11-5-3-10(4-6-11)12-7-8-13-14(20)2-1-9-19(12)13/h3-8H,1-2,9H2. The predicted octanol–water partition coefficient (Wildman–Crippen LogP) is 4.15. The van der Waals surface area contributed by atoms with Crippen molar-refractivity contribution >= 4 is 5.78 Å². The first-order valence-corrected chi connectivity index (χ1v) is 6.37. The van der Waals surface area contributed by atoms with Crippen LogP contribution >= 0.6 is 0 Å². The molecule has 0 bridgehead atoms. The maximum Gasteiger partial charge on any atom is 0.416 e. The van der Waals surface area contributed by atoms with Gasteiger partial charge in [0.2, 0.25) is 0 Å². The van der Waals surface area contributed by atoms with Crippen molar-refractivity contribution in [2.45, 2.75) is 25.6 Å². The molecule has 20 heavy (non-hydrogen) atoms. The third-order valence-corrected chi connectivity index (χ3v) is 3.56. The van der Waals surface area contributed by atoms with Gasteiger partial charge in [0, 0.05) is 18.7 Å². The summed E-state index contributed by atoms with van der Waals surface area (Å²) in [7, 11) is 0. The summed E-state index contributed by atoms with van der Waals surface area (Å²) >= 11 is 0. The lowest BCUT2D eigenvalue weighted by Crippen LogP contribution is -2.16. The molecule has 0 aliphatic carbocycles. The van der Waals surface area contributed by atoms with Gasteiger partial charge in [-0.2, -0.15) is 13.2 Å². The topological polar surface area (TPSA) is 22.0 Å². The van der Waals surface area contributed by atoms with Crippen molar-refractivity contribution in [3.63, 3.8) is 0 Å². The number of ketones is 1. The smallest absolute Gasteiger partial charge is 0.338 e. The lowest BCUT2D eigenvalue weighted by molar-refractivity contribution is -0.137. The molecule has 3 rings (SSSR count). The lowest BCUT2D eigenvalue weighted by atomic mass is 10.1. The number of benzene rings is 1. The van der Waals surface area contributed by atoms with Gasteiger partial charge in [-0.05, 0) is 36.2 Å². The first-order valence-electron chi connectivity index (χ1n) is 6.37. The molecule has 1 aliphatic heterocycles. The van der Waals surface area contributed by atoms with Crippen LogP contribution in [0.3, 0.4) is 0 Å². The molecule has 0 N–H and O–H groups in total. The molecule has 0 saturated carbocycles. The number of aromatic nitrogens is 1. The maximum atomic E-state index is 12.5. The fraction of sp³-hybridized carbons (Fsp3) is 0.267. The van der Waals surface area contributed by atoms with Crippen molar-refractivity contribution in [2.24, 2.45) is 0 Å². The number of fused-ring (bicyclic) bond motifs is 1. The average molecular weight is 279 g/mol. The van der Waals surface area contributed by atoms with Gasteiger partial charge in [-0.15, -0.1) is 0 Å². The Labute approximate surface area is 113 Å². The van der Waals surface area contributed by atoms with E-state index >= 15 is 0 Å². The van der Waals surface area contributed by atoms with Gasteiger partial charge in [-0.1, -0.05) is 12.1 Å². The van der Waals surface area contributed by atoms with Gasteiger partial charge in [0.25, 0.3) is 0 Å². The van der Waals surface area contributed by atoms with Crippen LogP contribution in [0.25, 0.3) is 11.3 Å². The highest BCUT2D eigenvalue weighted by Gasteiger charge is 2.30. The average Bonchev–Trinajstić information content (AvgIpc) is 2.83. The number of hydrogen-bond donors (Lipinski definition) is 0. The summed E-state index contributed by atoms with van der Waals surface area (Å²) in [6, 6.07) is 8.57. The molecular formula is C15H12F3NO. The molecule has 0 unspecified atom stereocenters.